The Morgan fingerprint density at radius 2 is 1.74 bits per heavy atom. The minimum Gasteiger partial charge on any atom is -0.352 e. The SMILES string of the molecule is CCCCCc1ccc(C(=O)NCC2CCN(c3nc(Cc4ccc(C)cc4)ns3)CC2)cc1. The molecule has 5 nitrogen and oxygen atoms in total. The summed E-state index contributed by atoms with van der Waals surface area (Å²) in [6.45, 7) is 6.99. The molecule has 0 radical (unpaired) electrons. The maximum atomic E-state index is 12.6. The van der Waals surface area contributed by atoms with Gasteiger partial charge in [0.05, 0.1) is 0 Å². The summed E-state index contributed by atoms with van der Waals surface area (Å²) in [7, 11) is 0. The van der Waals surface area contributed by atoms with Crippen LogP contribution in [0.2, 0.25) is 0 Å². The molecule has 0 aliphatic carbocycles. The number of rotatable bonds is 10. The van der Waals surface area contributed by atoms with Gasteiger partial charge in [0.25, 0.3) is 5.91 Å². The topological polar surface area (TPSA) is 58.1 Å². The minimum atomic E-state index is 0.0346. The van der Waals surface area contributed by atoms with Crippen LogP contribution < -0.4 is 10.2 Å². The smallest absolute Gasteiger partial charge is 0.251 e. The fraction of sp³-hybridized carbons (Fsp3) is 0.464. The van der Waals surface area contributed by atoms with Crippen molar-refractivity contribution in [2.24, 2.45) is 5.92 Å². The van der Waals surface area contributed by atoms with Gasteiger partial charge in [0, 0.05) is 43.2 Å². The molecule has 0 bridgehead atoms. The zero-order valence-corrected chi connectivity index (χ0v) is 21.2. The Hall–Kier alpha value is -2.73. The fourth-order valence-electron chi connectivity index (χ4n) is 4.40. The quantitative estimate of drug-likeness (QED) is 0.375. The van der Waals surface area contributed by atoms with Gasteiger partial charge in [-0.1, -0.05) is 61.7 Å². The molecule has 1 aliphatic heterocycles. The van der Waals surface area contributed by atoms with Crippen LogP contribution in [0.5, 0.6) is 0 Å². The van der Waals surface area contributed by atoms with Crippen molar-refractivity contribution in [3.05, 3.63) is 76.6 Å². The lowest BCUT2D eigenvalue weighted by molar-refractivity contribution is 0.0945. The van der Waals surface area contributed by atoms with E-state index >= 15 is 0 Å². The third-order valence-electron chi connectivity index (χ3n) is 6.66. The van der Waals surface area contributed by atoms with E-state index in [2.05, 4.69) is 64.8 Å². The third-order valence-corrected chi connectivity index (χ3v) is 7.48. The largest absolute Gasteiger partial charge is 0.352 e. The van der Waals surface area contributed by atoms with E-state index in [1.807, 2.05) is 12.1 Å². The molecule has 3 aromatic rings. The summed E-state index contributed by atoms with van der Waals surface area (Å²) in [4.78, 5) is 19.7. The van der Waals surface area contributed by atoms with E-state index < -0.39 is 0 Å². The van der Waals surface area contributed by atoms with Crippen molar-refractivity contribution in [3.8, 4) is 0 Å². The summed E-state index contributed by atoms with van der Waals surface area (Å²) >= 11 is 1.50. The van der Waals surface area contributed by atoms with Crippen molar-refractivity contribution >= 4 is 22.6 Å². The molecule has 0 spiro atoms. The zero-order valence-electron chi connectivity index (χ0n) is 20.4. The lowest BCUT2D eigenvalue weighted by Gasteiger charge is -2.31. The molecular formula is C28H36N4OS. The van der Waals surface area contributed by atoms with Crippen LogP contribution in [0.4, 0.5) is 5.13 Å². The number of benzene rings is 2. The molecule has 1 aromatic heterocycles. The molecule has 2 aromatic carbocycles. The Balaban J connectivity index is 1.19. The third kappa shape index (κ3) is 6.89. The molecule has 0 saturated carbocycles. The minimum absolute atomic E-state index is 0.0346. The van der Waals surface area contributed by atoms with E-state index in [1.54, 1.807) is 0 Å². The van der Waals surface area contributed by atoms with Gasteiger partial charge in [0.2, 0.25) is 5.13 Å². The molecule has 2 heterocycles. The summed E-state index contributed by atoms with van der Waals surface area (Å²) < 4.78 is 4.58. The Labute approximate surface area is 207 Å². The summed E-state index contributed by atoms with van der Waals surface area (Å²) in [6, 6.07) is 16.7. The first-order valence-corrected chi connectivity index (χ1v) is 13.4. The van der Waals surface area contributed by atoms with Gasteiger partial charge in [-0.2, -0.15) is 4.37 Å². The van der Waals surface area contributed by atoms with Gasteiger partial charge in [-0.3, -0.25) is 4.79 Å². The number of piperidine rings is 1. The van der Waals surface area contributed by atoms with Crippen LogP contribution in [-0.4, -0.2) is 34.9 Å². The van der Waals surface area contributed by atoms with E-state index in [0.717, 1.165) is 61.8 Å². The molecule has 0 unspecified atom stereocenters. The number of anilines is 1. The maximum Gasteiger partial charge on any atom is 0.251 e. The van der Waals surface area contributed by atoms with Crippen LogP contribution >= 0.6 is 11.5 Å². The summed E-state index contributed by atoms with van der Waals surface area (Å²) in [6.07, 6.45) is 7.69. The van der Waals surface area contributed by atoms with E-state index in [4.69, 9.17) is 4.98 Å². The van der Waals surface area contributed by atoms with Crippen molar-refractivity contribution in [1.82, 2.24) is 14.7 Å². The second kappa shape index (κ2) is 12.1. The van der Waals surface area contributed by atoms with Crippen LogP contribution in [0.15, 0.2) is 48.5 Å². The monoisotopic (exact) mass is 476 g/mol. The number of nitrogens with zero attached hydrogens (tertiary/aromatic N) is 3. The van der Waals surface area contributed by atoms with Crippen molar-refractivity contribution in [2.45, 2.75) is 58.8 Å². The first-order chi connectivity index (χ1) is 16.6. The number of aromatic nitrogens is 2. The second-order valence-electron chi connectivity index (χ2n) is 9.45. The molecule has 1 saturated heterocycles. The van der Waals surface area contributed by atoms with E-state index in [0.29, 0.717) is 5.92 Å². The number of carbonyl (C=O) groups is 1. The Kier molecular flexibility index (Phi) is 8.69. The van der Waals surface area contributed by atoms with Gasteiger partial charge in [0.1, 0.15) is 5.82 Å². The van der Waals surface area contributed by atoms with Crippen LogP contribution in [0, 0.1) is 12.8 Å². The average molecular weight is 477 g/mol. The predicted molar refractivity (Wildman–Crippen MR) is 141 cm³/mol. The summed E-state index contributed by atoms with van der Waals surface area (Å²) in [5.74, 6) is 1.44. The number of carbonyl (C=O) groups excluding carboxylic acids is 1. The van der Waals surface area contributed by atoms with Gasteiger partial charge >= 0.3 is 0 Å². The first kappa shape index (κ1) is 24.4. The summed E-state index contributed by atoms with van der Waals surface area (Å²) in [5.41, 5.74) is 4.59. The summed E-state index contributed by atoms with van der Waals surface area (Å²) in [5, 5.41) is 4.16. The molecule has 1 N–H and O–H groups in total. The zero-order chi connectivity index (χ0) is 23.8. The van der Waals surface area contributed by atoms with Crippen LogP contribution in [0.3, 0.4) is 0 Å². The normalized spacial score (nSPS) is 14.4. The van der Waals surface area contributed by atoms with Gasteiger partial charge in [-0.25, -0.2) is 4.98 Å². The molecule has 34 heavy (non-hydrogen) atoms. The highest BCUT2D eigenvalue weighted by Gasteiger charge is 2.22. The second-order valence-corrected chi connectivity index (χ2v) is 10.2. The molecule has 6 heteroatoms. The van der Waals surface area contributed by atoms with Crippen molar-refractivity contribution in [3.63, 3.8) is 0 Å². The lowest BCUT2D eigenvalue weighted by Crippen LogP contribution is -2.38. The highest BCUT2D eigenvalue weighted by atomic mass is 32.1. The molecule has 1 aliphatic rings. The Morgan fingerprint density at radius 1 is 1.03 bits per heavy atom. The molecule has 4 rings (SSSR count). The standard InChI is InChI=1S/C28H36N4OS/c1-3-4-5-6-22-11-13-25(14-12-22)27(33)29-20-24-15-17-32(18-16-24)28-30-26(31-34-28)19-23-9-7-21(2)8-10-23/h7-14,24H,3-6,15-20H2,1-2H3,(H,29,33). The van der Waals surface area contributed by atoms with Gasteiger partial charge < -0.3 is 10.2 Å². The number of nitrogens with one attached hydrogen (secondary N) is 1. The fourth-order valence-corrected chi connectivity index (χ4v) is 5.14. The highest BCUT2D eigenvalue weighted by molar-refractivity contribution is 7.09. The Morgan fingerprint density at radius 3 is 2.44 bits per heavy atom. The van der Waals surface area contributed by atoms with Gasteiger partial charge in [-0.05, 0) is 61.8 Å². The van der Waals surface area contributed by atoms with Crippen molar-refractivity contribution < 1.29 is 4.79 Å². The molecule has 1 fully saturated rings. The van der Waals surface area contributed by atoms with Crippen molar-refractivity contribution in [2.75, 3.05) is 24.5 Å². The van der Waals surface area contributed by atoms with E-state index in [1.165, 1.54) is 47.5 Å². The van der Waals surface area contributed by atoms with E-state index in [-0.39, 0.29) is 5.91 Å². The van der Waals surface area contributed by atoms with Crippen LogP contribution in [0.1, 0.15) is 71.9 Å². The number of amides is 1. The molecule has 0 atom stereocenters. The number of unbranched alkanes of at least 4 members (excludes halogenated alkanes) is 2. The maximum absolute atomic E-state index is 12.6. The Bertz CT molecular complexity index is 1040. The van der Waals surface area contributed by atoms with Gasteiger partial charge in [-0.15, -0.1) is 0 Å². The lowest BCUT2D eigenvalue weighted by atomic mass is 9.97. The predicted octanol–water partition coefficient (Wildman–Crippen LogP) is 5.82. The van der Waals surface area contributed by atoms with Crippen molar-refractivity contribution in [1.29, 1.82) is 0 Å². The number of aryl methyl sites for hydroxylation is 2. The van der Waals surface area contributed by atoms with Crippen LogP contribution in [0.25, 0.3) is 0 Å². The van der Waals surface area contributed by atoms with Gasteiger partial charge in [0.15, 0.2) is 0 Å². The molecule has 180 valence electrons. The number of hydrogen-bond donors (Lipinski definition) is 1. The number of hydrogen-bond acceptors (Lipinski definition) is 5. The van der Waals surface area contributed by atoms with Crippen LogP contribution in [-0.2, 0) is 12.8 Å². The molecule has 1 amide bonds. The molecular weight excluding hydrogens is 440 g/mol. The highest BCUT2D eigenvalue weighted by Crippen LogP contribution is 2.25. The average Bonchev–Trinajstić information content (AvgIpc) is 3.33. The van der Waals surface area contributed by atoms with E-state index in [9.17, 15) is 4.79 Å². The first-order valence-electron chi connectivity index (χ1n) is 12.6.